The van der Waals surface area contributed by atoms with Gasteiger partial charge >= 0.3 is 0 Å². The lowest BCUT2D eigenvalue weighted by Crippen LogP contribution is -2.09. The fraction of sp³-hybridized carbons (Fsp3) is 0. The van der Waals surface area contributed by atoms with E-state index < -0.39 is 0 Å². The summed E-state index contributed by atoms with van der Waals surface area (Å²) in [4.78, 5) is 2.34. The van der Waals surface area contributed by atoms with Gasteiger partial charge in [-0.15, -0.1) is 0 Å². The molecule has 0 N–H and O–H groups in total. The molecule has 0 saturated heterocycles. The summed E-state index contributed by atoms with van der Waals surface area (Å²) in [5, 5.41) is 12.3. The summed E-state index contributed by atoms with van der Waals surface area (Å²) in [6.45, 7) is 0. The van der Waals surface area contributed by atoms with Crippen LogP contribution in [0.5, 0.6) is 0 Å². The van der Waals surface area contributed by atoms with Crippen molar-refractivity contribution in [3.8, 4) is 55.9 Å². The van der Waals surface area contributed by atoms with Crippen LogP contribution in [0.2, 0.25) is 0 Å². The molecule has 0 amide bonds. The van der Waals surface area contributed by atoms with Crippen LogP contribution in [-0.4, -0.2) is 9.13 Å². The number of aromatic nitrogens is 2. The van der Waals surface area contributed by atoms with Gasteiger partial charge in [0.1, 0.15) is 0 Å². The first-order valence-electron chi connectivity index (χ1n) is 27.9. The van der Waals surface area contributed by atoms with E-state index in [1.54, 1.807) is 0 Å². The lowest BCUT2D eigenvalue weighted by molar-refractivity contribution is 1.19. The maximum atomic E-state index is 2.42. The Labute approximate surface area is 469 Å². The number of para-hydroxylation sites is 3. The molecule has 14 aromatic carbocycles. The van der Waals surface area contributed by atoms with E-state index in [1.165, 1.54) is 109 Å². The SMILES string of the molecule is c1ccc(N(c2ccc(-c3ccc(-c4cc(-c5ccc6c(c5)c5ccccc5n6-c5ccc6ccccc6c5)cc(-c5ccc6c(c5)c5ccccc5n6-c5ccc6ccccc6c5)c4)cc3)cc2)c2ccc3ccccc3c2)cc1. The molecule has 0 aliphatic heterocycles. The Hall–Kier alpha value is -10.7. The summed E-state index contributed by atoms with van der Waals surface area (Å²) in [5.41, 5.74) is 19.7. The van der Waals surface area contributed by atoms with E-state index in [0.29, 0.717) is 0 Å². The molecule has 0 bridgehead atoms. The van der Waals surface area contributed by atoms with E-state index in [0.717, 1.165) is 39.6 Å². The van der Waals surface area contributed by atoms with Crippen LogP contribution >= 0.6 is 0 Å². The molecule has 3 heteroatoms. The summed E-state index contributed by atoms with van der Waals surface area (Å²) >= 11 is 0. The third-order valence-electron chi connectivity index (χ3n) is 16.6. The van der Waals surface area contributed by atoms with Crippen LogP contribution < -0.4 is 4.90 Å². The number of hydrogen-bond acceptors (Lipinski definition) is 1. The number of fused-ring (bicyclic) bond motifs is 9. The van der Waals surface area contributed by atoms with Gasteiger partial charge in [0, 0.05) is 50.0 Å². The van der Waals surface area contributed by atoms with Crippen molar-refractivity contribution >= 4 is 93.0 Å². The maximum Gasteiger partial charge on any atom is 0.0541 e. The third-order valence-corrected chi connectivity index (χ3v) is 16.6. The van der Waals surface area contributed by atoms with Crippen molar-refractivity contribution in [1.82, 2.24) is 9.13 Å². The Morgan fingerprint density at radius 3 is 1.04 bits per heavy atom. The molecule has 0 radical (unpaired) electrons. The highest BCUT2D eigenvalue weighted by atomic mass is 15.1. The van der Waals surface area contributed by atoms with Crippen molar-refractivity contribution in [2.45, 2.75) is 0 Å². The maximum absolute atomic E-state index is 2.42. The molecule has 0 fully saturated rings. The Bertz CT molecular complexity index is 4890. The van der Waals surface area contributed by atoms with Crippen molar-refractivity contribution < 1.29 is 0 Å². The molecule has 0 spiro atoms. The molecule has 378 valence electrons. The van der Waals surface area contributed by atoms with Crippen molar-refractivity contribution in [2.24, 2.45) is 0 Å². The van der Waals surface area contributed by atoms with E-state index >= 15 is 0 Å². The summed E-state index contributed by atoms with van der Waals surface area (Å²) < 4.78 is 4.84. The van der Waals surface area contributed by atoms with E-state index in [-0.39, 0.29) is 0 Å². The molecular formula is C78H51N3. The van der Waals surface area contributed by atoms with Gasteiger partial charge in [-0.05, 0) is 192 Å². The molecule has 16 aromatic rings. The minimum atomic E-state index is 1.11. The first-order chi connectivity index (χ1) is 40.1. The zero-order valence-corrected chi connectivity index (χ0v) is 44.3. The molecule has 81 heavy (non-hydrogen) atoms. The fourth-order valence-electron chi connectivity index (χ4n) is 12.6. The Morgan fingerprint density at radius 1 is 0.185 bits per heavy atom. The predicted octanol–water partition coefficient (Wildman–Crippen LogP) is 21.5. The smallest absolute Gasteiger partial charge is 0.0541 e. The first-order valence-corrected chi connectivity index (χ1v) is 27.9. The normalized spacial score (nSPS) is 11.7. The van der Waals surface area contributed by atoms with Crippen LogP contribution in [-0.2, 0) is 0 Å². The van der Waals surface area contributed by atoms with E-state index in [9.17, 15) is 0 Å². The third kappa shape index (κ3) is 8.05. The second-order valence-corrected chi connectivity index (χ2v) is 21.4. The summed E-state index contributed by atoms with van der Waals surface area (Å²) in [6.07, 6.45) is 0. The molecule has 0 aliphatic rings. The van der Waals surface area contributed by atoms with Gasteiger partial charge < -0.3 is 14.0 Å². The van der Waals surface area contributed by atoms with Crippen LogP contribution in [0.15, 0.2) is 309 Å². The molecule has 3 nitrogen and oxygen atoms in total. The minimum Gasteiger partial charge on any atom is -0.310 e. The zero-order chi connectivity index (χ0) is 53.4. The minimum absolute atomic E-state index is 1.11. The average Bonchev–Trinajstić information content (AvgIpc) is 4.11. The number of rotatable bonds is 9. The van der Waals surface area contributed by atoms with Crippen molar-refractivity contribution in [1.29, 1.82) is 0 Å². The van der Waals surface area contributed by atoms with Gasteiger partial charge in [-0.25, -0.2) is 0 Å². The molecule has 0 aliphatic carbocycles. The highest BCUT2D eigenvalue weighted by molar-refractivity contribution is 6.12. The van der Waals surface area contributed by atoms with Gasteiger partial charge in [-0.2, -0.15) is 0 Å². The highest BCUT2D eigenvalue weighted by Crippen LogP contribution is 2.42. The standard InChI is InChI=1S/C78H51N3/c1-2-20-66(21-3-1)79(68-39-32-52-14-4-7-17-58(52)47-68)67-37-30-56(31-38-67)55-26-28-57(29-27-55)63-44-64(61-35-42-77-73(50-61)71-22-10-12-24-75(71)80(77)69-40-33-53-15-5-8-18-59(53)48-69)46-65(45-63)62-36-43-78-74(51-62)72-23-11-13-25-76(72)81(78)70-41-34-54-16-6-9-19-60(54)49-70/h1-51H. The quantitative estimate of drug-likeness (QED) is 0.140. The predicted molar refractivity (Wildman–Crippen MR) is 344 cm³/mol. The van der Waals surface area contributed by atoms with Gasteiger partial charge in [0.2, 0.25) is 0 Å². The Morgan fingerprint density at radius 2 is 0.531 bits per heavy atom. The van der Waals surface area contributed by atoms with E-state index in [1.807, 2.05) is 0 Å². The number of anilines is 3. The fourth-order valence-corrected chi connectivity index (χ4v) is 12.6. The molecule has 2 heterocycles. The monoisotopic (exact) mass is 1030 g/mol. The average molecular weight is 1030 g/mol. The Kier molecular flexibility index (Phi) is 10.9. The molecule has 0 unspecified atom stereocenters. The van der Waals surface area contributed by atoms with Gasteiger partial charge in [0.05, 0.1) is 22.1 Å². The first kappa shape index (κ1) is 46.4. The second kappa shape index (κ2) is 19.0. The van der Waals surface area contributed by atoms with E-state index in [4.69, 9.17) is 0 Å². The molecule has 0 saturated carbocycles. The van der Waals surface area contributed by atoms with Crippen LogP contribution in [0, 0.1) is 0 Å². The lowest BCUT2D eigenvalue weighted by atomic mass is 9.91. The van der Waals surface area contributed by atoms with Gasteiger partial charge in [-0.3, -0.25) is 0 Å². The van der Waals surface area contributed by atoms with Gasteiger partial charge in [0.15, 0.2) is 0 Å². The molecule has 2 aromatic heterocycles. The second-order valence-electron chi connectivity index (χ2n) is 21.4. The van der Waals surface area contributed by atoms with Crippen LogP contribution in [0.3, 0.4) is 0 Å². The molecular weight excluding hydrogens is 979 g/mol. The molecule has 0 atom stereocenters. The lowest BCUT2D eigenvalue weighted by Gasteiger charge is -2.26. The van der Waals surface area contributed by atoms with Crippen LogP contribution in [0.1, 0.15) is 0 Å². The zero-order valence-electron chi connectivity index (χ0n) is 44.3. The van der Waals surface area contributed by atoms with Crippen molar-refractivity contribution in [3.63, 3.8) is 0 Å². The highest BCUT2D eigenvalue weighted by Gasteiger charge is 2.19. The molecule has 16 rings (SSSR count). The summed E-state index contributed by atoms with van der Waals surface area (Å²) in [6, 6.07) is 114. The largest absolute Gasteiger partial charge is 0.310 e. The van der Waals surface area contributed by atoms with Crippen LogP contribution in [0.4, 0.5) is 17.1 Å². The summed E-state index contributed by atoms with van der Waals surface area (Å²) in [5.74, 6) is 0. The van der Waals surface area contributed by atoms with Gasteiger partial charge in [-0.1, -0.05) is 194 Å². The number of benzene rings is 14. The number of nitrogens with zero attached hydrogens (tertiary/aromatic N) is 3. The van der Waals surface area contributed by atoms with Gasteiger partial charge in [0.25, 0.3) is 0 Å². The van der Waals surface area contributed by atoms with E-state index in [2.05, 4.69) is 323 Å². The number of hydrogen-bond donors (Lipinski definition) is 0. The summed E-state index contributed by atoms with van der Waals surface area (Å²) in [7, 11) is 0. The topological polar surface area (TPSA) is 13.1 Å². The van der Waals surface area contributed by atoms with Crippen LogP contribution in [0.25, 0.3) is 132 Å². The van der Waals surface area contributed by atoms with Crippen molar-refractivity contribution in [3.05, 3.63) is 309 Å². The van der Waals surface area contributed by atoms with Crippen molar-refractivity contribution in [2.75, 3.05) is 4.90 Å². The Balaban J connectivity index is 0.812.